The molecule has 0 aromatic rings. The fourth-order valence-corrected chi connectivity index (χ4v) is 1.63. The van der Waals surface area contributed by atoms with E-state index >= 15 is 0 Å². The van der Waals surface area contributed by atoms with Gasteiger partial charge in [0.25, 0.3) is 0 Å². The number of aliphatic hydroxyl groups excluding tert-OH is 1. The van der Waals surface area contributed by atoms with E-state index in [1.54, 1.807) is 0 Å². The predicted molar refractivity (Wildman–Crippen MR) is 79.1 cm³/mol. The van der Waals surface area contributed by atoms with E-state index in [2.05, 4.69) is 6.92 Å². The molecular formula is C15H32O5. The van der Waals surface area contributed by atoms with Gasteiger partial charge >= 0.3 is 0 Å². The lowest BCUT2D eigenvalue weighted by atomic mass is 10.2. The van der Waals surface area contributed by atoms with Crippen molar-refractivity contribution in [3.8, 4) is 0 Å². The summed E-state index contributed by atoms with van der Waals surface area (Å²) < 4.78 is 21.2. The monoisotopic (exact) mass is 292 g/mol. The standard InChI is InChI=1S/C15H32O5/c1-2-3-4-5-6-8-17-10-12-19-14-15-20-13-11-18-9-7-16/h16H,2-15H2,1H3. The molecule has 0 rings (SSSR count). The lowest BCUT2D eigenvalue weighted by molar-refractivity contribution is -0.00577. The molecule has 0 heterocycles. The Bertz CT molecular complexity index is 148. The molecule has 0 aliphatic carbocycles. The highest BCUT2D eigenvalue weighted by Crippen LogP contribution is 2.02. The predicted octanol–water partition coefficient (Wildman–Crippen LogP) is 2.02. The van der Waals surface area contributed by atoms with E-state index in [1.165, 1.54) is 25.7 Å². The fourth-order valence-electron chi connectivity index (χ4n) is 1.63. The summed E-state index contributed by atoms with van der Waals surface area (Å²) in [7, 11) is 0. The summed E-state index contributed by atoms with van der Waals surface area (Å²) in [6, 6.07) is 0. The Morgan fingerprint density at radius 3 is 1.50 bits per heavy atom. The largest absolute Gasteiger partial charge is 0.394 e. The lowest BCUT2D eigenvalue weighted by Crippen LogP contribution is -2.12. The van der Waals surface area contributed by atoms with Crippen LogP contribution in [0.25, 0.3) is 0 Å². The average molecular weight is 292 g/mol. The Morgan fingerprint density at radius 2 is 1.00 bits per heavy atom. The van der Waals surface area contributed by atoms with Crippen LogP contribution in [0, 0.1) is 0 Å². The number of rotatable bonds is 17. The van der Waals surface area contributed by atoms with Crippen LogP contribution in [0.15, 0.2) is 0 Å². The lowest BCUT2D eigenvalue weighted by Gasteiger charge is -2.07. The smallest absolute Gasteiger partial charge is 0.0701 e. The maximum absolute atomic E-state index is 8.48. The molecule has 0 saturated heterocycles. The van der Waals surface area contributed by atoms with Crippen molar-refractivity contribution >= 4 is 0 Å². The molecule has 1 N–H and O–H groups in total. The Balaban J connectivity index is 2.89. The van der Waals surface area contributed by atoms with Crippen LogP contribution in [-0.4, -0.2) is 64.6 Å². The minimum Gasteiger partial charge on any atom is -0.394 e. The van der Waals surface area contributed by atoms with Crippen molar-refractivity contribution in [2.75, 3.05) is 59.5 Å². The summed E-state index contributed by atoms with van der Waals surface area (Å²) in [5.41, 5.74) is 0. The highest BCUT2D eigenvalue weighted by atomic mass is 16.6. The quantitative estimate of drug-likeness (QED) is 0.416. The van der Waals surface area contributed by atoms with Crippen LogP contribution >= 0.6 is 0 Å². The van der Waals surface area contributed by atoms with Gasteiger partial charge in [-0.15, -0.1) is 0 Å². The van der Waals surface area contributed by atoms with E-state index < -0.39 is 0 Å². The first-order valence-corrected chi connectivity index (χ1v) is 7.83. The zero-order chi connectivity index (χ0) is 14.7. The van der Waals surface area contributed by atoms with E-state index in [0.717, 1.165) is 13.0 Å². The Labute approximate surface area is 123 Å². The molecule has 0 aromatic carbocycles. The first kappa shape index (κ1) is 19.8. The van der Waals surface area contributed by atoms with E-state index in [9.17, 15) is 0 Å². The first-order chi connectivity index (χ1) is 9.91. The molecule has 0 saturated carbocycles. The maximum atomic E-state index is 8.48. The summed E-state index contributed by atoms with van der Waals surface area (Å²) in [5.74, 6) is 0. The number of ether oxygens (including phenoxy) is 4. The summed E-state index contributed by atoms with van der Waals surface area (Å²) in [5, 5.41) is 8.48. The van der Waals surface area contributed by atoms with Crippen molar-refractivity contribution < 1.29 is 24.1 Å². The molecule has 0 unspecified atom stereocenters. The van der Waals surface area contributed by atoms with Gasteiger partial charge in [0.15, 0.2) is 0 Å². The summed E-state index contributed by atoms with van der Waals surface area (Å²) in [4.78, 5) is 0. The van der Waals surface area contributed by atoms with Gasteiger partial charge in [-0.2, -0.15) is 0 Å². The van der Waals surface area contributed by atoms with Crippen molar-refractivity contribution in [1.29, 1.82) is 0 Å². The molecule has 0 aliphatic heterocycles. The third kappa shape index (κ3) is 17.8. The molecule has 0 radical (unpaired) electrons. The SMILES string of the molecule is CCCCCCCOCCOCCOCCOCCO. The zero-order valence-corrected chi connectivity index (χ0v) is 13.0. The summed E-state index contributed by atoms with van der Waals surface area (Å²) in [6.45, 7) is 6.98. The summed E-state index contributed by atoms with van der Waals surface area (Å²) >= 11 is 0. The number of aliphatic hydroxyl groups is 1. The Kier molecular flexibility index (Phi) is 18.6. The van der Waals surface area contributed by atoms with Gasteiger partial charge in [-0.05, 0) is 6.42 Å². The van der Waals surface area contributed by atoms with Crippen molar-refractivity contribution in [2.45, 2.75) is 39.0 Å². The van der Waals surface area contributed by atoms with Crippen molar-refractivity contribution in [3.05, 3.63) is 0 Å². The minimum absolute atomic E-state index is 0.0573. The molecular weight excluding hydrogens is 260 g/mol. The molecule has 0 spiro atoms. The third-order valence-electron chi connectivity index (χ3n) is 2.74. The van der Waals surface area contributed by atoms with Crippen molar-refractivity contribution in [1.82, 2.24) is 0 Å². The Hall–Kier alpha value is -0.200. The molecule has 0 atom stereocenters. The van der Waals surface area contributed by atoms with Crippen molar-refractivity contribution in [3.63, 3.8) is 0 Å². The van der Waals surface area contributed by atoms with Crippen LogP contribution in [0.5, 0.6) is 0 Å². The van der Waals surface area contributed by atoms with Gasteiger partial charge < -0.3 is 24.1 Å². The normalized spacial score (nSPS) is 11.1. The molecule has 0 amide bonds. The number of hydrogen-bond acceptors (Lipinski definition) is 5. The molecule has 0 fully saturated rings. The van der Waals surface area contributed by atoms with Gasteiger partial charge in [0.1, 0.15) is 0 Å². The van der Waals surface area contributed by atoms with Crippen LogP contribution in [0.1, 0.15) is 39.0 Å². The van der Waals surface area contributed by atoms with Gasteiger partial charge in [-0.25, -0.2) is 0 Å². The second kappa shape index (κ2) is 18.8. The van der Waals surface area contributed by atoms with Crippen LogP contribution < -0.4 is 0 Å². The van der Waals surface area contributed by atoms with Crippen LogP contribution in [0.4, 0.5) is 0 Å². The molecule has 0 aliphatic rings. The zero-order valence-electron chi connectivity index (χ0n) is 13.0. The third-order valence-corrected chi connectivity index (χ3v) is 2.74. The first-order valence-electron chi connectivity index (χ1n) is 7.83. The highest BCUT2D eigenvalue weighted by molar-refractivity contribution is 4.42. The van der Waals surface area contributed by atoms with Crippen LogP contribution in [-0.2, 0) is 18.9 Å². The van der Waals surface area contributed by atoms with Gasteiger partial charge in [0, 0.05) is 6.61 Å². The maximum Gasteiger partial charge on any atom is 0.0701 e. The van der Waals surface area contributed by atoms with E-state index in [1.807, 2.05) is 0 Å². The topological polar surface area (TPSA) is 57.2 Å². The van der Waals surface area contributed by atoms with Gasteiger partial charge in [-0.3, -0.25) is 0 Å². The van der Waals surface area contributed by atoms with E-state index in [4.69, 9.17) is 24.1 Å². The molecule has 5 nitrogen and oxygen atoms in total. The van der Waals surface area contributed by atoms with Crippen molar-refractivity contribution in [2.24, 2.45) is 0 Å². The molecule has 20 heavy (non-hydrogen) atoms. The van der Waals surface area contributed by atoms with E-state index in [-0.39, 0.29) is 6.61 Å². The van der Waals surface area contributed by atoms with Crippen LogP contribution in [0.3, 0.4) is 0 Å². The van der Waals surface area contributed by atoms with Gasteiger partial charge in [-0.1, -0.05) is 32.6 Å². The fraction of sp³-hybridized carbons (Fsp3) is 1.00. The molecule has 122 valence electrons. The molecule has 0 bridgehead atoms. The van der Waals surface area contributed by atoms with Crippen LogP contribution in [0.2, 0.25) is 0 Å². The average Bonchev–Trinajstić information content (AvgIpc) is 2.47. The summed E-state index contributed by atoms with van der Waals surface area (Å²) in [6.07, 6.45) is 6.34. The minimum atomic E-state index is 0.0573. The molecule has 5 heteroatoms. The van der Waals surface area contributed by atoms with Gasteiger partial charge in [0.2, 0.25) is 0 Å². The highest BCUT2D eigenvalue weighted by Gasteiger charge is 1.93. The second-order valence-electron chi connectivity index (χ2n) is 4.59. The second-order valence-corrected chi connectivity index (χ2v) is 4.59. The van der Waals surface area contributed by atoms with E-state index in [0.29, 0.717) is 46.2 Å². The Morgan fingerprint density at radius 1 is 0.550 bits per heavy atom. The molecule has 0 aromatic heterocycles. The number of hydrogen-bond donors (Lipinski definition) is 1. The number of unbranched alkanes of at least 4 members (excludes halogenated alkanes) is 4. The van der Waals surface area contributed by atoms with Gasteiger partial charge in [0.05, 0.1) is 52.9 Å².